The Morgan fingerprint density at radius 3 is 2.38 bits per heavy atom. The van der Waals surface area contributed by atoms with Gasteiger partial charge >= 0.3 is 0 Å². The highest BCUT2D eigenvalue weighted by molar-refractivity contribution is 6.34. The molecule has 0 heterocycles. The zero-order chi connectivity index (χ0) is 21.0. The molecule has 2 aromatic carbocycles. The van der Waals surface area contributed by atoms with Crippen molar-refractivity contribution in [2.24, 2.45) is 0 Å². The normalized spacial score (nSPS) is 14.3. The van der Waals surface area contributed by atoms with E-state index in [1.165, 1.54) is 42.8 Å². The molecule has 9 heteroatoms. The van der Waals surface area contributed by atoms with E-state index in [2.05, 4.69) is 10.6 Å². The molecule has 2 amide bonds. The van der Waals surface area contributed by atoms with Gasteiger partial charge in [0.05, 0.1) is 15.5 Å². The molecule has 0 aliphatic heterocycles. The first kappa shape index (κ1) is 21.1. The molecular weight excluding hydrogens is 417 g/mol. The van der Waals surface area contributed by atoms with E-state index < -0.39 is 10.8 Å². The molecule has 0 bridgehead atoms. The van der Waals surface area contributed by atoms with E-state index in [4.69, 9.17) is 23.2 Å². The van der Waals surface area contributed by atoms with Crippen molar-refractivity contribution in [2.75, 3.05) is 5.32 Å². The predicted molar refractivity (Wildman–Crippen MR) is 112 cm³/mol. The molecule has 1 aliphatic rings. The summed E-state index contributed by atoms with van der Waals surface area (Å²) >= 11 is 12.0. The summed E-state index contributed by atoms with van der Waals surface area (Å²) < 4.78 is 0. The monoisotopic (exact) mass is 435 g/mol. The molecular formula is C20H19Cl2N3O4. The van der Waals surface area contributed by atoms with Crippen molar-refractivity contribution in [1.29, 1.82) is 0 Å². The molecule has 29 heavy (non-hydrogen) atoms. The van der Waals surface area contributed by atoms with E-state index in [9.17, 15) is 19.7 Å². The standard InChI is InChI=1S/C20H19Cl2N3O4/c21-12-6-9-18(25(28)29)16(10-12)20(27)24-14-7-8-17(22)15(11-14)19(26)23-13-4-2-1-3-5-13/h6-11,13H,1-5H2,(H,23,26)(H,24,27). The second kappa shape index (κ2) is 9.24. The first-order chi connectivity index (χ1) is 13.8. The van der Waals surface area contributed by atoms with E-state index >= 15 is 0 Å². The van der Waals surface area contributed by atoms with Crippen LogP contribution in [-0.4, -0.2) is 22.8 Å². The largest absolute Gasteiger partial charge is 0.349 e. The van der Waals surface area contributed by atoms with Gasteiger partial charge < -0.3 is 10.6 Å². The Bertz CT molecular complexity index is 959. The zero-order valence-corrected chi connectivity index (χ0v) is 16.9. The number of nitrogens with one attached hydrogen (secondary N) is 2. The van der Waals surface area contributed by atoms with Gasteiger partial charge in [0.2, 0.25) is 0 Å². The smallest absolute Gasteiger partial charge is 0.282 e. The van der Waals surface area contributed by atoms with Crippen LogP contribution in [-0.2, 0) is 0 Å². The second-order valence-electron chi connectivity index (χ2n) is 6.88. The Hall–Kier alpha value is -2.64. The molecule has 0 spiro atoms. The van der Waals surface area contributed by atoms with Crippen LogP contribution in [0.4, 0.5) is 11.4 Å². The van der Waals surface area contributed by atoms with E-state index in [1.54, 1.807) is 0 Å². The lowest BCUT2D eigenvalue weighted by atomic mass is 9.95. The predicted octanol–water partition coefficient (Wildman–Crippen LogP) is 5.22. The number of amides is 2. The minimum atomic E-state index is -0.708. The van der Waals surface area contributed by atoms with Gasteiger partial charge in [0, 0.05) is 22.8 Å². The van der Waals surface area contributed by atoms with E-state index in [-0.39, 0.29) is 38.8 Å². The third kappa shape index (κ3) is 5.25. The molecule has 2 N–H and O–H groups in total. The highest BCUT2D eigenvalue weighted by atomic mass is 35.5. The van der Waals surface area contributed by atoms with Crippen LogP contribution in [0.1, 0.15) is 52.8 Å². The maximum atomic E-state index is 12.6. The molecule has 0 atom stereocenters. The third-order valence-corrected chi connectivity index (χ3v) is 5.37. The highest BCUT2D eigenvalue weighted by Gasteiger charge is 2.22. The summed E-state index contributed by atoms with van der Waals surface area (Å²) in [6, 6.07) is 8.32. The van der Waals surface area contributed by atoms with Gasteiger partial charge in [-0.05, 0) is 43.2 Å². The van der Waals surface area contributed by atoms with Crippen LogP contribution in [0, 0.1) is 10.1 Å². The number of nitrogens with zero attached hydrogens (tertiary/aromatic N) is 1. The molecule has 3 rings (SSSR count). The number of carbonyl (C=O) groups excluding carboxylic acids is 2. The average molecular weight is 436 g/mol. The van der Waals surface area contributed by atoms with Crippen molar-refractivity contribution in [3.05, 3.63) is 67.7 Å². The van der Waals surface area contributed by atoms with Gasteiger partial charge in [-0.1, -0.05) is 42.5 Å². The maximum Gasteiger partial charge on any atom is 0.282 e. The number of nitro groups is 1. The summed E-state index contributed by atoms with van der Waals surface area (Å²) in [6.07, 6.45) is 5.18. The molecule has 0 aromatic heterocycles. The fourth-order valence-electron chi connectivity index (χ4n) is 3.33. The Morgan fingerprint density at radius 1 is 0.966 bits per heavy atom. The van der Waals surface area contributed by atoms with Crippen molar-refractivity contribution in [3.63, 3.8) is 0 Å². The number of anilines is 1. The molecule has 7 nitrogen and oxygen atoms in total. The fraction of sp³-hybridized carbons (Fsp3) is 0.300. The van der Waals surface area contributed by atoms with Gasteiger partial charge in [-0.3, -0.25) is 19.7 Å². The topological polar surface area (TPSA) is 101 Å². The number of benzene rings is 2. The summed E-state index contributed by atoms with van der Waals surface area (Å²) in [5, 5.41) is 17.2. The van der Waals surface area contributed by atoms with Crippen LogP contribution in [0.3, 0.4) is 0 Å². The lowest BCUT2D eigenvalue weighted by Crippen LogP contribution is -2.36. The average Bonchev–Trinajstić information content (AvgIpc) is 2.69. The quantitative estimate of drug-likeness (QED) is 0.496. The van der Waals surface area contributed by atoms with E-state index in [0.717, 1.165) is 25.7 Å². The van der Waals surface area contributed by atoms with Gasteiger partial charge in [-0.2, -0.15) is 0 Å². The molecule has 0 unspecified atom stereocenters. The summed E-state index contributed by atoms with van der Waals surface area (Å²) in [4.78, 5) is 35.7. The summed E-state index contributed by atoms with van der Waals surface area (Å²) in [6.45, 7) is 0. The van der Waals surface area contributed by atoms with Crippen LogP contribution in [0.15, 0.2) is 36.4 Å². The minimum absolute atomic E-state index is 0.111. The number of hydrogen-bond donors (Lipinski definition) is 2. The van der Waals surface area contributed by atoms with E-state index in [1.807, 2.05) is 0 Å². The van der Waals surface area contributed by atoms with Crippen molar-refractivity contribution >= 4 is 46.4 Å². The van der Waals surface area contributed by atoms with E-state index in [0.29, 0.717) is 5.69 Å². The minimum Gasteiger partial charge on any atom is -0.349 e. The van der Waals surface area contributed by atoms with Gasteiger partial charge in [0.1, 0.15) is 5.56 Å². The molecule has 1 fully saturated rings. The lowest BCUT2D eigenvalue weighted by Gasteiger charge is -2.23. The van der Waals surface area contributed by atoms with Crippen molar-refractivity contribution in [3.8, 4) is 0 Å². The molecule has 1 aliphatic carbocycles. The van der Waals surface area contributed by atoms with Gasteiger partial charge in [0.15, 0.2) is 0 Å². The Kier molecular flexibility index (Phi) is 6.71. The van der Waals surface area contributed by atoms with Crippen LogP contribution < -0.4 is 10.6 Å². The summed E-state index contributed by atoms with van der Waals surface area (Å²) in [5.74, 6) is -1.02. The maximum absolute atomic E-state index is 12.6. The molecule has 0 saturated heterocycles. The number of halogens is 2. The van der Waals surface area contributed by atoms with Crippen LogP contribution in [0.5, 0.6) is 0 Å². The van der Waals surface area contributed by atoms with Gasteiger partial charge in [-0.25, -0.2) is 0 Å². The van der Waals surface area contributed by atoms with Crippen LogP contribution in [0.2, 0.25) is 10.0 Å². The second-order valence-corrected chi connectivity index (χ2v) is 7.72. The van der Waals surface area contributed by atoms with Crippen LogP contribution >= 0.6 is 23.2 Å². The molecule has 0 radical (unpaired) electrons. The number of carbonyl (C=O) groups is 2. The Labute approximate surface area is 177 Å². The SMILES string of the molecule is O=C(NC1CCCCC1)c1cc(NC(=O)c2cc(Cl)ccc2[N+](=O)[O-])ccc1Cl. The van der Waals surface area contributed by atoms with Gasteiger partial charge in [-0.15, -0.1) is 0 Å². The molecule has 1 saturated carbocycles. The zero-order valence-electron chi connectivity index (χ0n) is 15.4. The Morgan fingerprint density at radius 2 is 1.69 bits per heavy atom. The van der Waals surface area contributed by atoms with Crippen molar-refractivity contribution in [1.82, 2.24) is 5.32 Å². The van der Waals surface area contributed by atoms with Crippen LogP contribution in [0.25, 0.3) is 0 Å². The highest BCUT2D eigenvalue weighted by Crippen LogP contribution is 2.26. The summed E-state index contributed by atoms with van der Waals surface area (Å²) in [7, 11) is 0. The first-order valence-corrected chi connectivity index (χ1v) is 9.96. The van der Waals surface area contributed by atoms with Gasteiger partial charge in [0.25, 0.3) is 17.5 Å². The molecule has 2 aromatic rings. The molecule has 152 valence electrons. The number of nitro benzene ring substituents is 1. The first-order valence-electron chi connectivity index (χ1n) is 9.21. The summed E-state index contributed by atoms with van der Waals surface area (Å²) in [5.41, 5.74) is -0.0140. The lowest BCUT2D eigenvalue weighted by molar-refractivity contribution is -0.385. The number of hydrogen-bond acceptors (Lipinski definition) is 4. The Balaban J connectivity index is 1.79. The van der Waals surface area contributed by atoms with Crippen molar-refractivity contribution in [2.45, 2.75) is 38.1 Å². The third-order valence-electron chi connectivity index (χ3n) is 4.81. The number of rotatable bonds is 5. The fourth-order valence-corrected chi connectivity index (χ4v) is 3.71. The van der Waals surface area contributed by atoms with Crippen molar-refractivity contribution < 1.29 is 14.5 Å².